The number of carbonyl (C=O) groups excluding carboxylic acids is 3. The van der Waals surface area contributed by atoms with Crippen molar-refractivity contribution < 1.29 is 37.7 Å². The number of hydrogen-bond donors (Lipinski definition) is 2. The second kappa shape index (κ2) is 16.3. The van der Waals surface area contributed by atoms with Gasteiger partial charge >= 0.3 is 6.09 Å². The molecule has 2 aliphatic heterocycles. The zero-order chi connectivity index (χ0) is 30.8. The fourth-order valence-electron chi connectivity index (χ4n) is 5.90. The molecule has 2 fully saturated rings. The predicted molar refractivity (Wildman–Crippen MR) is 167 cm³/mol. The molecule has 2 aromatic rings. The van der Waals surface area contributed by atoms with Gasteiger partial charge in [-0.3, -0.25) is 9.59 Å². The van der Waals surface area contributed by atoms with Crippen molar-refractivity contribution in [2.24, 2.45) is 0 Å². The Morgan fingerprint density at radius 3 is 1.79 bits per heavy atom. The maximum absolute atomic E-state index is 12.3. The maximum Gasteiger partial charge on any atom is 0.410 e. The molecule has 0 atom stereocenters. The molecule has 235 valence electrons. The van der Waals surface area contributed by atoms with E-state index in [1.165, 1.54) is 18.1 Å². The first-order valence-electron chi connectivity index (χ1n) is 15.1. The first kappa shape index (κ1) is 36.4. The second-order valence-electron chi connectivity index (χ2n) is 12.8. The number of rotatable bonds is 6. The Hall–Kier alpha value is -2.81. The second-order valence-corrected chi connectivity index (χ2v) is 12.8. The first-order valence-corrected chi connectivity index (χ1v) is 15.1. The topological polar surface area (TPSA) is 91.0 Å². The molecule has 0 bridgehead atoms. The van der Waals surface area contributed by atoms with Gasteiger partial charge in [-0.1, -0.05) is 60.7 Å². The van der Waals surface area contributed by atoms with Gasteiger partial charge in [-0.2, -0.15) is 0 Å². The number of ether oxygens (including phenoxy) is 1. The van der Waals surface area contributed by atoms with Crippen molar-refractivity contribution >= 4 is 17.9 Å². The van der Waals surface area contributed by atoms with Gasteiger partial charge in [0.25, 0.3) is 0 Å². The Morgan fingerprint density at radius 2 is 1.35 bits per heavy atom. The summed E-state index contributed by atoms with van der Waals surface area (Å²) in [6.45, 7) is 13.5. The summed E-state index contributed by atoms with van der Waals surface area (Å²) in [4.78, 5) is 38.8. The molecule has 0 aliphatic carbocycles. The fraction of sp³-hybridized carbons (Fsp3) is 0.559. The SMILES string of the molecule is CC(=O)N(C)CC1(c2ccccc2)CCNCC1.CC(=O)NCC1(c2ccccc2)CCN(C(=O)OC(C)(C)C)CC1.[V]. The minimum Gasteiger partial charge on any atom is -0.444 e. The molecule has 2 N–H and O–H groups in total. The summed E-state index contributed by atoms with van der Waals surface area (Å²) in [5.74, 6) is 0.115. The summed E-state index contributed by atoms with van der Waals surface area (Å²) in [5, 5.41) is 6.37. The van der Waals surface area contributed by atoms with Gasteiger partial charge in [0.2, 0.25) is 11.8 Å². The number of hydrogen-bond acceptors (Lipinski definition) is 5. The minimum absolute atomic E-state index is 0. The molecule has 2 aliphatic rings. The Kier molecular flexibility index (Phi) is 13.8. The molecular weight excluding hydrogens is 579 g/mol. The molecule has 0 spiro atoms. The Balaban J connectivity index is 0.000000304. The van der Waals surface area contributed by atoms with Crippen LogP contribution in [0, 0.1) is 0 Å². The van der Waals surface area contributed by atoms with Crippen LogP contribution in [0.5, 0.6) is 0 Å². The molecule has 9 heteroatoms. The van der Waals surface area contributed by atoms with Gasteiger partial charge in [-0.15, -0.1) is 0 Å². The van der Waals surface area contributed by atoms with E-state index in [2.05, 4.69) is 47.0 Å². The van der Waals surface area contributed by atoms with Gasteiger partial charge in [-0.25, -0.2) is 4.79 Å². The molecule has 0 saturated carbocycles. The van der Waals surface area contributed by atoms with Crippen molar-refractivity contribution in [3.05, 3.63) is 71.8 Å². The van der Waals surface area contributed by atoms with E-state index in [-0.39, 0.29) is 47.3 Å². The first-order chi connectivity index (χ1) is 19.9. The van der Waals surface area contributed by atoms with Crippen LogP contribution in [0.4, 0.5) is 4.79 Å². The molecule has 43 heavy (non-hydrogen) atoms. The molecule has 3 amide bonds. The van der Waals surface area contributed by atoms with Crippen molar-refractivity contribution in [1.29, 1.82) is 0 Å². The van der Waals surface area contributed by atoms with E-state index < -0.39 is 5.60 Å². The van der Waals surface area contributed by atoms with Gasteiger partial charge in [-0.05, 0) is 70.7 Å². The van der Waals surface area contributed by atoms with E-state index in [4.69, 9.17) is 4.74 Å². The monoisotopic (exact) mass is 629 g/mol. The van der Waals surface area contributed by atoms with Crippen LogP contribution in [0.3, 0.4) is 0 Å². The van der Waals surface area contributed by atoms with Crippen molar-refractivity contribution in [1.82, 2.24) is 20.4 Å². The number of nitrogens with zero attached hydrogens (tertiary/aromatic N) is 2. The van der Waals surface area contributed by atoms with Crippen molar-refractivity contribution in [2.45, 2.75) is 76.7 Å². The van der Waals surface area contributed by atoms with Gasteiger partial charge < -0.3 is 25.2 Å². The zero-order valence-corrected chi connectivity index (χ0v) is 28.2. The fourth-order valence-corrected chi connectivity index (χ4v) is 5.90. The average molecular weight is 630 g/mol. The summed E-state index contributed by atoms with van der Waals surface area (Å²) in [7, 11) is 1.90. The Bertz CT molecular complexity index is 1160. The summed E-state index contributed by atoms with van der Waals surface area (Å²) < 4.78 is 5.47. The number of piperidine rings is 2. The van der Waals surface area contributed by atoms with Crippen LogP contribution < -0.4 is 10.6 Å². The van der Waals surface area contributed by atoms with Crippen molar-refractivity contribution in [3.63, 3.8) is 0 Å². The van der Waals surface area contributed by atoms with E-state index >= 15 is 0 Å². The third kappa shape index (κ3) is 10.7. The largest absolute Gasteiger partial charge is 0.444 e. The molecule has 2 aromatic carbocycles. The molecule has 4 rings (SSSR count). The van der Waals surface area contributed by atoms with Crippen LogP contribution >= 0.6 is 0 Å². The number of nitrogens with one attached hydrogen (secondary N) is 2. The summed E-state index contributed by atoms with van der Waals surface area (Å²) in [6.07, 6.45) is 3.53. The minimum atomic E-state index is -0.485. The molecule has 1 radical (unpaired) electrons. The third-order valence-electron chi connectivity index (χ3n) is 8.46. The molecule has 2 saturated heterocycles. The molecular formula is C34H50N4O4V. The van der Waals surface area contributed by atoms with Gasteiger partial charge in [0, 0.05) is 76.5 Å². The number of benzene rings is 2. The third-order valence-corrected chi connectivity index (χ3v) is 8.46. The van der Waals surface area contributed by atoms with Crippen molar-refractivity contribution in [3.8, 4) is 0 Å². The Morgan fingerprint density at radius 1 is 0.860 bits per heavy atom. The predicted octanol–water partition coefficient (Wildman–Crippen LogP) is 4.88. The number of amides is 3. The van der Waals surface area contributed by atoms with E-state index in [1.54, 1.807) is 11.8 Å². The van der Waals surface area contributed by atoms with Crippen LogP contribution in [0.1, 0.15) is 71.4 Å². The number of carbonyl (C=O) groups is 3. The van der Waals surface area contributed by atoms with Crippen LogP contribution in [-0.4, -0.2) is 79.6 Å². The van der Waals surface area contributed by atoms with Gasteiger partial charge in [0.1, 0.15) is 5.60 Å². The quantitative estimate of drug-likeness (QED) is 0.476. The van der Waals surface area contributed by atoms with Crippen LogP contribution in [0.2, 0.25) is 0 Å². The molecule has 0 aromatic heterocycles. The number of likely N-dealkylation sites (tertiary alicyclic amines) is 1. The van der Waals surface area contributed by atoms with Crippen molar-refractivity contribution in [2.75, 3.05) is 46.3 Å². The summed E-state index contributed by atoms with van der Waals surface area (Å²) in [5.41, 5.74) is 2.07. The van der Waals surface area contributed by atoms with E-state index in [9.17, 15) is 14.4 Å². The van der Waals surface area contributed by atoms with E-state index in [1.807, 2.05) is 57.0 Å². The normalized spacial score (nSPS) is 17.3. The maximum atomic E-state index is 12.3. The summed E-state index contributed by atoms with van der Waals surface area (Å²) in [6, 6.07) is 20.9. The van der Waals surface area contributed by atoms with E-state index in [0.29, 0.717) is 19.6 Å². The zero-order valence-electron chi connectivity index (χ0n) is 26.8. The van der Waals surface area contributed by atoms with Gasteiger partial charge in [0.15, 0.2) is 0 Å². The van der Waals surface area contributed by atoms with E-state index in [0.717, 1.165) is 45.3 Å². The Labute approximate surface area is 270 Å². The van der Waals surface area contributed by atoms with Crippen LogP contribution in [0.15, 0.2) is 60.7 Å². The smallest absolute Gasteiger partial charge is 0.410 e. The molecule has 0 unspecified atom stereocenters. The average Bonchev–Trinajstić information content (AvgIpc) is 2.97. The standard InChI is InChI=1S/C19H28N2O3.C15H22N2O.V/c1-15(22)20-14-19(16-8-6-5-7-9-16)10-12-21(13-11-19)17(23)24-18(2,3)4;1-13(18)17(2)12-15(8-10-16-11-9-15)14-6-4-3-5-7-14;/h5-9H,10-14H2,1-4H3,(H,20,22);3-7,16H,8-12H2,1-2H3;. The summed E-state index contributed by atoms with van der Waals surface area (Å²) >= 11 is 0. The van der Waals surface area contributed by atoms with Gasteiger partial charge in [0.05, 0.1) is 0 Å². The molecule has 8 nitrogen and oxygen atoms in total. The van der Waals surface area contributed by atoms with Crippen LogP contribution in [-0.2, 0) is 43.7 Å². The van der Waals surface area contributed by atoms with Crippen LogP contribution in [0.25, 0.3) is 0 Å². The molecule has 2 heterocycles. The number of likely N-dealkylation sites (N-methyl/N-ethyl adjacent to an activating group) is 1.